The Kier molecular flexibility index (Phi) is 4.20. The second-order valence-electron chi connectivity index (χ2n) is 4.79. The minimum absolute atomic E-state index is 0.0225. The first-order valence-corrected chi connectivity index (χ1v) is 6.62. The smallest absolute Gasteiger partial charge is 0.316 e. The van der Waals surface area contributed by atoms with Gasteiger partial charge in [-0.3, -0.25) is 9.59 Å². The molecular formula is C15H18O4. The third-order valence-electron chi connectivity index (χ3n) is 3.51. The van der Waals surface area contributed by atoms with Crippen molar-refractivity contribution in [2.75, 3.05) is 6.61 Å². The van der Waals surface area contributed by atoms with Crippen molar-refractivity contribution in [1.29, 1.82) is 0 Å². The van der Waals surface area contributed by atoms with Gasteiger partial charge >= 0.3 is 5.97 Å². The highest BCUT2D eigenvalue weighted by Crippen LogP contribution is 2.22. The SMILES string of the molecule is CCc1cc(CCC2C(=O)CCOC2=O)ccc1O. The standard InChI is InChI=1S/C15H18O4/c1-2-11-9-10(4-6-13(11)16)3-5-12-14(17)7-8-19-15(12)18/h4,6,9,12,16H,2-3,5,7-8H2,1H3. The number of aromatic hydroxyl groups is 1. The van der Waals surface area contributed by atoms with Crippen LogP contribution in [0.3, 0.4) is 0 Å². The predicted molar refractivity (Wildman–Crippen MR) is 69.9 cm³/mol. The number of ether oxygens (including phenoxy) is 1. The first-order chi connectivity index (χ1) is 9.11. The van der Waals surface area contributed by atoms with Crippen LogP contribution in [0.15, 0.2) is 18.2 Å². The van der Waals surface area contributed by atoms with Crippen LogP contribution >= 0.6 is 0 Å². The van der Waals surface area contributed by atoms with Crippen LogP contribution in [-0.4, -0.2) is 23.5 Å². The number of hydrogen-bond donors (Lipinski definition) is 1. The van der Waals surface area contributed by atoms with E-state index in [1.54, 1.807) is 6.07 Å². The van der Waals surface area contributed by atoms with Crippen LogP contribution < -0.4 is 0 Å². The number of rotatable bonds is 4. The molecule has 102 valence electrons. The van der Waals surface area contributed by atoms with Crippen molar-refractivity contribution in [1.82, 2.24) is 0 Å². The summed E-state index contributed by atoms with van der Waals surface area (Å²) in [5, 5.41) is 9.61. The number of benzene rings is 1. The Bertz CT molecular complexity index is 477. The van der Waals surface area contributed by atoms with Gasteiger partial charge < -0.3 is 9.84 Å². The molecule has 0 radical (unpaired) electrons. The summed E-state index contributed by atoms with van der Waals surface area (Å²) in [7, 11) is 0. The second-order valence-corrected chi connectivity index (χ2v) is 4.79. The summed E-state index contributed by atoms with van der Waals surface area (Å²) in [5.74, 6) is -0.747. The molecule has 1 aliphatic rings. The van der Waals surface area contributed by atoms with E-state index in [0.717, 1.165) is 17.5 Å². The zero-order valence-corrected chi connectivity index (χ0v) is 11.0. The molecule has 19 heavy (non-hydrogen) atoms. The quantitative estimate of drug-likeness (QED) is 0.666. The molecule has 1 N–H and O–H groups in total. The molecule has 4 heteroatoms. The fourth-order valence-corrected chi connectivity index (χ4v) is 2.33. The van der Waals surface area contributed by atoms with Crippen molar-refractivity contribution in [2.45, 2.75) is 32.6 Å². The van der Waals surface area contributed by atoms with E-state index in [9.17, 15) is 14.7 Å². The van der Waals surface area contributed by atoms with Gasteiger partial charge in [-0.05, 0) is 36.5 Å². The van der Waals surface area contributed by atoms with Gasteiger partial charge in [0.2, 0.25) is 0 Å². The number of ketones is 1. The number of carbonyl (C=O) groups is 2. The average Bonchev–Trinajstić information content (AvgIpc) is 2.40. The van der Waals surface area contributed by atoms with E-state index in [1.165, 1.54) is 0 Å². The molecule has 2 rings (SSSR count). The molecule has 0 aliphatic carbocycles. The molecule has 1 saturated heterocycles. The Morgan fingerprint density at radius 1 is 1.37 bits per heavy atom. The zero-order chi connectivity index (χ0) is 13.8. The van der Waals surface area contributed by atoms with E-state index >= 15 is 0 Å². The van der Waals surface area contributed by atoms with Gasteiger partial charge in [0.25, 0.3) is 0 Å². The molecule has 1 fully saturated rings. The normalized spacial score (nSPS) is 19.3. The van der Waals surface area contributed by atoms with Gasteiger partial charge in [-0.15, -0.1) is 0 Å². The second kappa shape index (κ2) is 5.87. The Hall–Kier alpha value is -1.84. The molecule has 4 nitrogen and oxygen atoms in total. The van der Waals surface area contributed by atoms with Gasteiger partial charge in [-0.1, -0.05) is 19.1 Å². The average molecular weight is 262 g/mol. The molecule has 1 aromatic carbocycles. The Labute approximate surface area is 112 Å². The molecular weight excluding hydrogens is 244 g/mol. The maximum atomic E-state index is 11.7. The van der Waals surface area contributed by atoms with Crippen molar-refractivity contribution >= 4 is 11.8 Å². The van der Waals surface area contributed by atoms with E-state index in [2.05, 4.69) is 0 Å². The summed E-state index contributed by atoms with van der Waals surface area (Å²) in [6, 6.07) is 5.41. The van der Waals surface area contributed by atoms with E-state index in [1.807, 2.05) is 19.1 Å². The topological polar surface area (TPSA) is 63.6 Å². The summed E-state index contributed by atoms with van der Waals surface area (Å²) in [4.78, 5) is 23.2. The van der Waals surface area contributed by atoms with E-state index in [-0.39, 0.29) is 12.4 Å². The van der Waals surface area contributed by atoms with E-state index < -0.39 is 11.9 Å². The third kappa shape index (κ3) is 3.13. The molecule has 1 aliphatic heterocycles. The molecule has 1 aromatic rings. The Balaban J connectivity index is 2.02. The van der Waals surface area contributed by atoms with Crippen LogP contribution in [0.4, 0.5) is 0 Å². The van der Waals surface area contributed by atoms with Crippen LogP contribution in [0.5, 0.6) is 5.75 Å². The lowest BCUT2D eigenvalue weighted by Gasteiger charge is -2.19. The van der Waals surface area contributed by atoms with Crippen LogP contribution in [-0.2, 0) is 27.2 Å². The maximum Gasteiger partial charge on any atom is 0.316 e. The molecule has 1 atom stereocenters. The van der Waals surface area contributed by atoms with Crippen molar-refractivity contribution in [3.63, 3.8) is 0 Å². The molecule has 0 saturated carbocycles. The number of phenols is 1. The number of carbonyl (C=O) groups excluding carboxylic acids is 2. The first-order valence-electron chi connectivity index (χ1n) is 6.62. The molecule has 1 heterocycles. The van der Waals surface area contributed by atoms with Gasteiger partial charge in [-0.2, -0.15) is 0 Å². The fraction of sp³-hybridized carbons (Fsp3) is 0.467. The number of Topliss-reactive ketones (excluding diaryl/α,β-unsaturated/α-hetero) is 1. The van der Waals surface area contributed by atoms with Gasteiger partial charge in [-0.25, -0.2) is 0 Å². The van der Waals surface area contributed by atoms with Crippen molar-refractivity contribution < 1.29 is 19.4 Å². The third-order valence-corrected chi connectivity index (χ3v) is 3.51. The van der Waals surface area contributed by atoms with E-state index in [0.29, 0.717) is 25.0 Å². The Morgan fingerprint density at radius 3 is 2.84 bits per heavy atom. The lowest BCUT2D eigenvalue weighted by Crippen LogP contribution is -2.33. The highest BCUT2D eigenvalue weighted by atomic mass is 16.5. The number of hydrogen-bond acceptors (Lipinski definition) is 4. The fourth-order valence-electron chi connectivity index (χ4n) is 2.33. The zero-order valence-electron chi connectivity index (χ0n) is 11.0. The summed E-state index contributed by atoms with van der Waals surface area (Å²) < 4.78 is 4.91. The number of esters is 1. The maximum absolute atomic E-state index is 11.7. The van der Waals surface area contributed by atoms with Gasteiger partial charge in [0.05, 0.1) is 6.61 Å². The van der Waals surface area contributed by atoms with Crippen molar-refractivity contribution in [3.8, 4) is 5.75 Å². The van der Waals surface area contributed by atoms with Gasteiger partial charge in [0.15, 0.2) is 5.78 Å². The highest BCUT2D eigenvalue weighted by Gasteiger charge is 2.31. The minimum atomic E-state index is -0.618. The molecule has 0 amide bonds. The Morgan fingerprint density at radius 2 is 2.16 bits per heavy atom. The van der Waals surface area contributed by atoms with Crippen molar-refractivity contribution in [3.05, 3.63) is 29.3 Å². The number of phenolic OH excluding ortho intramolecular Hbond substituents is 1. The van der Waals surface area contributed by atoms with Crippen LogP contribution in [0.25, 0.3) is 0 Å². The van der Waals surface area contributed by atoms with Crippen LogP contribution in [0.2, 0.25) is 0 Å². The largest absolute Gasteiger partial charge is 0.508 e. The monoisotopic (exact) mass is 262 g/mol. The lowest BCUT2D eigenvalue weighted by atomic mass is 9.92. The molecule has 1 unspecified atom stereocenters. The molecule has 0 bridgehead atoms. The summed E-state index contributed by atoms with van der Waals surface area (Å²) >= 11 is 0. The molecule has 0 aromatic heterocycles. The van der Waals surface area contributed by atoms with Crippen LogP contribution in [0, 0.1) is 5.92 Å². The number of aryl methyl sites for hydroxylation is 2. The summed E-state index contributed by atoms with van der Waals surface area (Å²) in [6.07, 6.45) is 2.20. The van der Waals surface area contributed by atoms with Crippen LogP contribution in [0.1, 0.15) is 30.9 Å². The van der Waals surface area contributed by atoms with Gasteiger partial charge in [0, 0.05) is 6.42 Å². The number of cyclic esters (lactones) is 1. The van der Waals surface area contributed by atoms with E-state index in [4.69, 9.17) is 4.74 Å². The van der Waals surface area contributed by atoms with Crippen molar-refractivity contribution in [2.24, 2.45) is 5.92 Å². The predicted octanol–water partition coefficient (Wildman–Crippen LogP) is 2.02. The van der Waals surface area contributed by atoms with Gasteiger partial charge in [0.1, 0.15) is 11.7 Å². The summed E-state index contributed by atoms with van der Waals surface area (Å²) in [6.45, 7) is 2.19. The first kappa shape index (κ1) is 13.6. The summed E-state index contributed by atoms with van der Waals surface area (Å²) in [5.41, 5.74) is 1.91. The highest BCUT2D eigenvalue weighted by molar-refractivity contribution is 6.00. The molecule has 0 spiro atoms. The minimum Gasteiger partial charge on any atom is -0.508 e. The lowest BCUT2D eigenvalue weighted by molar-refractivity contribution is -0.158.